The van der Waals surface area contributed by atoms with Gasteiger partial charge >= 0.3 is 0 Å². The van der Waals surface area contributed by atoms with E-state index in [0.717, 1.165) is 80.9 Å². The molecule has 0 unspecified atom stereocenters. The Morgan fingerprint density at radius 1 is 1.07 bits per heavy atom. The number of nitrogens with zero attached hydrogens (tertiary/aromatic N) is 6. The number of fused-ring (bicyclic) bond motifs is 1. The summed E-state index contributed by atoms with van der Waals surface area (Å²) in [5.74, 6) is 1.29. The molecule has 1 saturated carbocycles. The number of hydrogen-bond donors (Lipinski definition) is 1. The van der Waals surface area contributed by atoms with Crippen LogP contribution in [0.1, 0.15) is 50.3 Å². The van der Waals surface area contributed by atoms with Gasteiger partial charge in [-0.15, -0.1) is 10.2 Å². The summed E-state index contributed by atoms with van der Waals surface area (Å²) in [7, 11) is 0. The number of aromatic nitrogens is 5. The van der Waals surface area contributed by atoms with Crippen LogP contribution >= 0.6 is 0 Å². The summed E-state index contributed by atoms with van der Waals surface area (Å²) in [6, 6.07) is 7.87. The minimum atomic E-state index is -0.464. The van der Waals surface area contributed by atoms with Crippen molar-refractivity contribution >= 4 is 5.65 Å². The average molecular weight is 378 g/mol. The second-order valence-corrected chi connectivity index (χ2v) is 8.27. The van der Waals surface area contributed by atoms with Crippen LogP contribution in [0.4, 0.5) is 0 Å². The van der Waals surface area contributed by atoms with Gasteiger partial charge in [0, 0.05) is 30.4 Å². The highest BCUT2D eigenvalue weighted by atomic mass is 16.3. The topological polar surface area (TPSA) is 79.4 Å². The predicted octanol–water partition coefficient (Wildman–Crippen LogP) is 2.67. The summed E-state index contributed by atoms with van der Waals surface area (Å²) in [6.07, 6.45) is 9.84. The second kappa shape index (κ2) is 7.22. The Labute approximate surface area is 164 Å². The molecular formula is C21H26N6O. The van der Waals surface area contributed by atoms with Crippen LogP contribution in [0.25, 0.3) is 16.9 Å². The van der Waals surface area contributed by atoms with E-state index in [1.165, 1.54) is 0 Å². The van der Waals surface area contributed by atoms with E-state index in [1.54, 1.807) is 6.20 Å². The van der Waals surface area contributed by atoms with Crippen molar-refractivity contribution in [1.82, 2.24) is 29.7 Å². The van der Waals surface area contributed by atoms with Gasteiger partial charge in [0.2, 0.25) is 0 Å². The molecule has 4 heterocycles. The highest BCUT2D eigenvalue weighted by molar-refractivity contribution is 5.58. The average Bonchev–Trinajstić information content (AvgIpc) is 3.35. The van der Waals surface area contributed by atoms with E-state index in [-0.39, 0.29) is 0 Å². The normalized spacial score (nSPS) is 20.8. The van der Waals surface area contributed by atoms with Crippen LogP contribution in [0, 0.1) is 0 Å². The Kier molecular flexibility index (Phi) is 4.56. The van der Waals surface area contributed by atoms with Crippen LogP contribution in [-0.4, -0.2) is 60.0 Å². The third-order valence-electron chi connectivity index (χ3n) is 6.25. The fraction of sp³-hybridized carbons (Fsp3) is 0.524. The SMILES string of the molecule is OC1(CN2CCC(c3nnc4ccc(-c5cccnc5)nn34)CC2)CCCC1. The van der Waals surface area contributed by atoms with E-state index in [9.17, 15) is 5.11 Å². The first kappa shape index (κ1) is 17.7. The first-order chi connectivity index (χ1) is 13.7. The summed E-state index contributed by atoms with van der Waals surface area (Å²) in [6.45, 7) is 2.79. The molecule has 146 valence electrons. The summed E-state index contributed by atoms with van der Waals surface area (Å²) < 4.78 is 1.90. The maximum absolute atomic E-state index is 10.7. The van der Waals surface area contributed by atoms with Gasteiger partial charge in [0.25, 0.3) is 0 Å². The van der Waals surface area contributed by atoms with Crippen molar-refractivity contribution in [2.24, 2.45) is 0 Å². The van der Waals surface area contributed by atoms with Gasteiger partial charge in [0.05, 0.1) is 11.3 Å². The zero-order valence-electron chi connectivity index (χ0n) is 16.0. The number of piperidine rings is 1. The van der Waals surface area contributed by atoms with Gasteiger partial charge in [-0.2, -0.15) is 9.61 Å². The Balaban J connectivity index is 1.33. The van der Waals surface area contributed by atoms with Gasteiger partial charge < -0.3 is 10.0 Å². The standard InChI is InChI=1S/C21H26N6O/c28-21(9-1-2-10-21)15-26-12-7-16(8-13-26)20-24-23-19-6-5-18(25-27(19)20)17-4-3-11-22-14-17/h3-6,11,14,16,28H,1-2,7-10,12-13,15H2. The van der Waals surface area contributed by atoms with Crippen molar-refractivity contribution in [3.05, 3.63) is 42.5 Å². The van der Waals surface area contributed by atoms with Crippen LogP contribution in [-0.2, 0) is 0 Å². The van der Waals surface area contributed by atoms with Crippen molar-refractivity contribution in [3.63, 3.8) is 0 Å². The largest absolute Gasteiger partial charge is 0.389 e. The molecule has 7 heteroatoms. The Hall–Kier alpha value is -2.38. The molecular weight excluding hydrogens is 352 g/mol. The van der Waals surface area contributed by atoms with E-state index in [4.69, 9.17) is 5.10 Å². The molecule has 0 bridgehead atoms. The van der Waals surface area contributed by atoms with E-state index >= 15 is 0 Å². The van der Waals surface area contributed by atoms with Crippen LogP contribution in [0.5, 0.6) is 0 Å². The van der Waals surface area contributed by atoms with Crippen LogP contribution in [0.3, 0.4) is 0 Å². The van der Waals surface area contributed by atoms with Crippen molar-refractivity contribution in [3.8, 4) is 11.3 Å². The van der Waals surface area contributed by atoms with E-state index in [1.807, 2.05) is 35.0 Å². The molecule has 1 aliphatic carbocycles. The zero-order valence-corrected chi connectivity index (χ0v) is 16.0. The number of pyridine rings is 1. The quantitative estimate of drug-likeness (QED) is 0.752. The molecule has 3 aromatic rings. The van der Waals surface area contributed by atoms with Crippen molar-refractivity contribution in [2.75, 3.05) is 19.6 Å². The molecule has 7 nitrogen and oxygen atoms in total. The van der Waals surface area contributed by atoms with Crippen LogP contribution < -0.4 is 0 Å². The molecule has 5 rings (SSSR count). The molecule has 0 amide bonds. The molecule has 1 aliphatic heterocycles. The molecule has 0 spiro atoms. The Morgan fingerprint density at radius 2 is 1.89 bits per heavy atom. The number of hydrogen-bond acceptors (Lipinski definition) is 6. The van der Waals surface area contributed by atoms with Crippen LogP contribution in [0.15, 0.2) is 36.7 Å². The molecule has 28 heavy (non-hydrogen) atoms. The monoisotopic (exact) mass is 378 g/mol. The van der Waals surface area contributed by atoms with Crippen molar-refractivity contribution in [2.45, 2.75) is 50.0 Å². The fourth-order valence-electron chi connectivity index (χ4n) is 4.69. The summed E-state index contributed by atoms with van der Waals surface area (Å²) in [5, 5.41) is 24.3. The van der Waals surface area contributed by atoms with Crippen molar-refractivity contribution < 1.29 is 5.11 Å². The highest BCUT2D eigenvalue weighted by Gasteiger charge is 2.35. The fourth-order valence-corrected chi connectivity index (χ4v) is 4.69. The number of β-amino-alcohol motifs (C(OH)–C–C–N with tert-alkyl or cyclic N) is 1. The van der Waals surface area contributed by atoms with E-state index < -0.39 is 5.60 Å². The maximum atomic E-state index is 10.7. The minimum absolute atomic E-state index is 0.348. The molecule has 3 aromatic heterocycles. The number of likely N-dealkylation sites (tertiary alicyclic amines) is 1. The molecule has 0 aromatic carbocycles. The third kappa shape index (κ3) is 3.40. The predicted molar refractivity (Wildman–Crippen MR) is 106 cm³/mol. The Bertz CT molecular complexity index is 942. The summed E-state index contributed by atoms with van der Waals surface area (Å²) in [5.41, 5.74) is 2.19. The van der Waals surface area contributed by atoms with Gasteiger partial charge in [0.1, 0.15) is 0 Å². The van der Waals surface area contributed by atoms with Gasteiger partial charge in [-0.1, -0.05) is 12.8 Å². The Morgan fingerprint density at radius 3 is 2.64 bits per heavy atom. The second-order valence-electron chi connectivity index (χ2n) is 8.27. The molecule has 1 saturated heterocycles. The number of aliphatic hydroxyl groups is 1. The lowest BCUT2D eigenvalue weighted by Crippen LogP contribution is -2.44. The summed E-state index contributed by atoms with van der Waals surface area (Å²) >= 11 is 0. The third-order valence-corrected chi connectivity index (χ3v) is 6.25. The van der Waals surface area contributed by atoms with Gasteiger partial charge in [-0.3, -0.25) is 4.98 Å². The maximum Gasteiger partial charge on any atom is 0.177 e. The summed E-state index contributed by atoms with van der Waals surface area (Å²) in [4.78, 5) is 6.61. The number of rotatable bonds is 4. The lowest BCUT2D eigenvalue weighted by atomic mass is 9.94. The molecule has 1 N–H and O–H groups in total. The molecule has 2 fully saturated rings. The van der Waals surface area contributed by atoms with Gasteiger partial charge in [-0.05, 0) is 63.0 Å². The molecule has 0 atom stereocenters. The first-order valence-corrected chi connectivity index (χ1v) is 10.3. The minimum Gasteiger partial charge on any atom is -0.389 e. The highest BCUT2D eigenvalue weighted by Crippen LogP contribution is 2.33. The van der Waals surface area contributed by atoms with E-state index in [2.05, 4.69) is 20.1 Å². The van der Waals surface area contributed by atoms with Crippen molar-refractivity contribution in [1.29, 1.82) is 0 Å². The van der Waals surface area contributed by atoms with E-state index in [0.29, 0.717) is 5.92 Å². The van der Waals surface area contributed by atoms with Crippen LogP contribution in [0.2, 0.25) is 0 Å². The zero-order chi connectivity index (χ0) is 19.0. The first-order valence-electron chi connectivity index (χ1n) is 10.3. The molecule has 0 radical (unpaired) electrons. The lowest BCUT2D eigenvalue weighted by molar-refractivity contribution is 0.00273. The smallest absolute Gasteiger partial charge is 0.177 e. The van der Waals surface area contributed by atoms with Gasteiger partial charge in [0.15, 0.2) is 11.5 Å². The lowest BCUT2D eigenvalue weighted by Gasteiger charge is -2.36. The molecule has 2 aliphatic rings. The van der Waals surface area contributed by atoms with Gasteiger partial charge in [-0.25, -0.2) is 0 Å².